The normalized spacial score (nSPS) is 13.2. The number of phenolic OH excluding ortho intramolecular Hbond substituents is 1. The Labute approximate surface area is 139 Å². The van der Waals surface area contributed by atoms with Crippen LogP contribution in [0.4, 0.5) is 0 Å². The number of nitrogens with zero attached hydrogens (tertiary/aromatic N) is 2. The third-order valence-electron chi connectivity index (χ3n) is 3.91. The van der Waals surface area contributed by atoms with Gasteiger partial charge in [0.1, 0.15) is 5.75 Å². The van der Waals surface area contributed by atoms with Gasteiger partial charge in [-0.3, -0.25) is 25.0 Å². The molecule has 1 aromatic carbocycles. The van der Waals surface area contributed by atoms with Crippen LogP contribution in [0, 0.1) is 20.2 Å². The molecular formula is C16H22N2O6. The summed E-state index contributed by atoms with van der Waals surface area (Å²) in [5.74, 6) is -1.27. The number of ketones is 1. The molecule has 2 unspecified atom stereocenters. The number of para-hydroxylation sites is 1. The summed E-state index contributed by atoms with van der Waals surface area (Å²) in [5.41, 5.74) is -0.188. The Morgan fingerprint density at radius 2 is 1.79 bits per heavy atom. The van der Waals surface area contributed by atoms with Crippen LogP contribution in [-0.2, 0) is 0 Å². The molecule has 0 fully saturated rings. The van der Waals surface area contributed by atoms with E-state index in [0.717, 1.165) is 19.3 Å². The number of rotatable bonds is 11. The maximum Gasteiger partial charge on any atom is 0.281 e. The quantitative estimate of drug-likeness (QED) is 0.286. The molecule has 0 saturated carbocycles. The number of hydrogen-bond donors (Lipinski definition) is 1. The molecule has 0 aromatic heterocycles. The van der Waals surface area contributed by atoms with Gasteiger partial charge in [-0.1, -0.05) is 38.3 Å². The molecule has 0 heterocycles. The van der Waals surface area contributed by atoms with Crippen LogP contribution in [0.2, 0.25) is 0 Å². The van der Waals surface area contributed by atoms with E-state index in [1.807, 2.05) is 6.92 Å². The Hall–Kier alpha value is -2.51. The zero-order valence-corrected chi connectivity index (χ0v) is 13.6. The summed E-state index contributed by atoms with van der Waals surface area (Å²) in [6, 6.07) is 2.60. The highest BCUT2D eigenvalue weighted by molar-refractivity contribution is 6.01. The van der Waals surface area contributed by atoms with Gasteiger partial charge in [-0.15, -0.1) is 0 Å². The van der Waals surface area contributed by atoms with Crippen LogP contribution in [0.15, 0.2) is 24.3 Å². The summed E-state index contributed by atoms with van der Waals surface area (Å²) in [7, 11) is 0. The summed E-state index contributed by atoms with van der Waals surface area (Å²) < 4.78 is 0. The highest BCUT2D eigenvalue weighted by atomic mass is 16.6. The fraction of sp³-hybridized carbons (Fsp3) is 0.562. The lowest BCUT2D eigenvalue weighted by Gasteiger charge is -2.13. The molecule has 0 radical (unpaired) electrons. The maximum absolute atomic E-state index is 12.3. The Balaban J connectivity index is 2.86. The number of unbranched alkanes of at least 4 members (excludes halogenated alkanes) is 3. The van der Waals surface area contributed by atoms with E-state index in [1.54, 1.807) is 0 Å². The number of benzene rings is 1. The first kappa shape index (κ1) is 19.5. The van der Waals surface area contributed by atoms with Gasteiger partial charge >= 0.3 is 0 Å². The lowest BCUT2D eigenvalue weighted by Crippen LogP contribution is -2.36. The first-order valence-electron chi connectivity index (χ1n) is 7.97. The zero-order chi connectivity index (χ0) is 18.1. The minimum absolute atomic E-state index is 0.188. The summed E-state index contributed by atoms with van der Waals surface area (Å²) in [6.07, 6.45) is 3.06. The van der Waals surface area contributed by atoms with Crippen molar-refractivity contribution in [1.29, 1.82) is 0 Å². The first-order chi connectivity index (χ1) is 11.4. The van der Waals surface area contributed by atoms with Crippen molar-refractivity contribution >= 4 is 5.78 Å². The standard InChI is InChI=1S/C16H22N2O6/c1-2-3-4-5-8-12(17(21)22)11-14(18(23)24)16(20)13-9-6-7-10-15(13)19/h6-7,9-10,12,14,19H,2-5,8,11H2,1H3. The molecule has 0 saturated heterocycles. The van der Waals surface area contributed by atoms with Crippen molar-refractivity contribution in [2.24, 2.45) is 0 Å². The van der Waals surface area contributed by atoms with Crippen LogP contribution in [0.5, 0.6) is 5.75 Å². The second-order valence-electron chi connectivity index (χ2n) is 5.71. The zero-order valence-electron chi connectivity index (χ0n) is 13.6. The van der Waals surface area contributed by atoms with Crippen LogP contribution >= 0.6 is 0 Å². The number of nitro groups is 2. The average Bonchev–Trinajstić information content (AvgIpc) is 2.53. The molecular weight excluding hydrogens is 316 g/mol. The second kappa shape index (κ2) is 9.59. The minimum atomic E-state index is -1.74. The molecule has 1 rings (SSSR count). The van der Waals surface area contributed by atoms with Gasteiger partial charge in [0.05, 0.1) is 12.0 Å². The van der Waals surface area contributed by atoms with Crippen molar-refractivity contribution in [1.82, 2.24) is 0 Å². The fourth-order valence-electron chi connectivity index (χ4n) is 2.52. The second-order valence-corrected chi connectivity index (χ2v) is 5.71. The number of carbonyl (C=O) groups excluding carboxylic acids is 1. The molecule has 8 nitrogen and oxygen atoms in total. The Morgan fingerprint density at radius 1 is 1.12 bits per heavy atom. The summed E-state index contributed by atoms with van der Waals surface area (Å²) >= 11 is 0. The van der Waals surface area contributed by atoms with Crippen LogP contribution < -0.4 is 0 Å². The Morgan fingerprint density at radius 3 is 2.33 bits per heavy atom. The van der Waals surface area contributed by atoms with E-state index < -0.39 is 34.1 Å². The molecule has 132 valence electrons. The summed E-state index contributed by atoms with van der Waals surface area (Å²) in [6.45, 7) is 2.01. The third-order valence-corrected chi connectivity index (χ3v) is 3.91. The van der Waals surface area contributed by atoms with Gasteiger partial charge in [-0.25, -0.2) is 0 Å². The summed E-state index contributed by atoms with van der Waals surface area (Å²) in [4.78, 5) is 33.4. The topological polar surface area (TPSA) is 124 Å². The van der Waals surface area contributed by atoms with Crippen molar-refractivity contribution < 1.29 is 19.7 Å². The highest BCUT2D eigenvalue weighted by Gasteiger charge is 2.38. The van der Waals surface area contributed by atoms with Gasteiger partial charge in [-0.05, 0) is 18.6 Å². The predicted octanol–water partition coefficient (Wildman–Crippen LogP) is 3.23. The molecule has 0 aliphatic carbocycles. The fourth-order valence-corrected chi connectivity index (χ4v) is 2.52. The third kappa shape index (κ3) is 5.60. The molecule has 0 bridgehead atoms. The highest BCUT2D eigenvalue weighted by Crippen LogP contribution is 2.22. The summed E-state index contributed by atoms with van der Waals surface area (Å²) in [5, 5.41) is 32.1. The van der Waals surface area contributed by atoms with Crippen LogP contribution in [0.25, 0.3) is 0 Å². The SMILES string of the molecule is CCCCCCC(CC(C(=O)c1ccccc1O)[N+](=O)[O-])[N+](=O)[O-]. The van der Waals surface area contributed by atoms with E-state index in [9.17, 15) is 30.1 Å². The van der Waals surface area contributed by atoms with E-state index in [2.05, 4.69) is 0 Å². The van der Waals surface area contributed by atoms with E-state index in [-0.39, 0.29) is 17.7 Å². The maximum atomic E-state index is 12.3. The van der Waals surface area contributed by atoms with Gasteiger partial charge in [-0.2, -0.15) is 0 Å². The molecule has 2 atom stereocenters. The smallest absolute Gasteiger partial charge is 0.281 e. The molecule has 0 aliphatic rings. The monoisotopic (exact) mass is 338 g/mol. The van der Waals surface area contributed by atoms with Gasteiger partial charge < -0.3 is 5.11 Å². The largest absolute Gasteiger partial charge is 0.507 e. The lowest BCUT2D eigenvalue weighted by atomic mass is 9.95. The van der Waals surface area contributed by atoms with E-state index >= 15 is 0 Å². The minimum Gasteiger partial charge on any atom is -0.507 e. The van der Waals surface area contributed by atoms with Crippen molar-refractivity contribution in [3.63, 3.8) is 0 Å². The van der Waals surface area contributed by atoms with Crippen molar-refractivity contribution in [3.8, 4) is 5.75 Å². The average molecular weight is 338 g/mol. The van der Waals surface area contributed by atoms with E-state index in [4.69, 9.17) is 0 Å². The Kier molecular flexibility index (Phi) is 7.81. The Bertz CT molecular complexity index is 590. The van der Waals surface area contributed by atoms with Crippen LogP contribution in [0.3, 0.4) is 0 Å². The number of carbonyl (C=O) groups is 1. The lowest BCUT2D eigenvalue weighted by molar-refractivity contribution is -0.552. The number of Topliss-reactive ketones (excluding diaryl/α,β-unsaturated/α-hetero) is 1. The van der Waals surface area contributed by atoms with Crippen molar-refractivity contribution in [2.45, 2.75) is 57.5 Å². The number of aromatic hydroxyl groups is 1. The van der Waals surface area contributed by atoms with E-state index in [0.29, 0.717) is 6.42 Å². The molecule has 1 N–H and O–H groups in total. The van der Waals surface area contributed by atoms with Crippen molar-refractivity contribution in [2.75, 3.05) is 0 Å². The van der Waals surface area contributed by atoms with Crippen LogP contribution in [-0.4, -0.2) is 32.8 Å². The van der Waals surface area contributed by atoms with Crippen LogP contribution in [0.1, 0.15) is 55.8 Å². The number of phenols is 1. The molecule has 0 spiro atoms. The molecule has 0 aliphatic heterocycles. The number of hydrogen-bond acceptors (Lipinski definition) is 6. The van der Waals surface area contributed by atoms with Gasteiger partial charge in [0.15, 0.2) is 0 Å². The van der Waals surface area contributed by atoms with Gasteiger partial charge in [0, 0.05) is 16.3 Å². The molecule has 0 amide bonds. The van der Waals surface area contributed by atoms with E-state index in [1.165, 1.54) is 24.3 Å². The molecule has 24 heavy (non-hydrogen) atoms. The predicted molar refractivity (Wildman–Crippen MR) is 87.4 cm³/mol. The molecule has 8 heteroatoms. The van der Waals surface area contributed by atoms with Gasteiger partial charge in [0.2, 0.25) is 11.8 Å². The molecule has 1 aromatic rings. The van der Waals surface area contributed by atoms with Crippen molar-refractivity contribution in [3.05, 3.63) is 50.1 Å². The first-order valence-corrected chi connectivity index (χ1v) is 7.97. The van der Waals surface area contributed by atoms with Gasteiger partial charge in [0.25, 0.3) is 6.04 Å².